The molecule has 0 aliphatic carbocycles. The first-order valence-corrected chi connectivity index (χ1v) is 2.39. The van der Waals surface area contributed by atoms with Gasteiger partial charge in [-0.15, -0.1) is 0 Å². The van der Waals surface area contributed by atoms with E-state index in [1.54, 1.807) is 0 Å². The van der Waals surface area contributed by atoms with Gasteiger partial charge >= 0.3 is 0 Å². The van der Waals surface area contributed by atoms with Crippen molar-refractivity contribution in [2.45, 2.75) is 0 Å². The van der Waals surface area contributed by atoms with Crippen molar-refractivity contribution in [2.75, 3.05) is 6.61 Å². The number of halogens is 2. The van der Waals surface area contributed by atoms with E-state index in [-0.39, 0.29) is 6.61 Å². The lowest BCUT2D eigenvalue weighted by atomic mass is 10.7. The van der Waals surface area contributed by atoms with Gasteiger partial charge in [0.25, 0.3) is 0 Å². The first-order valence-electron chi connectivity index (χ1n) is 1.57. The average Bonchev–Trinajstić information content (AvgIpc) is 1.68. The van der Waals surface area contributed by atoms with Crippen molar-refractivity contribution in [1.82, 2.24) is 0 Å². The highest BCUT2D eigenvalue weighted by Gasteiger charge is 1.84. The van der Waals surface area contributed by atoms with Crippen molar-refractivity contribution >= 4 is 23.2 Å². The van der Waals surface area contributed by atoms with E-state index in [9.17, 15) is 0 Å². The fraction of sp³-hybridized carbons (Fsp3) is 0.333. The van der Waals surface area contributed by atoms with Gasteiger partial charge in [-0.1, -0.05) is 23.2 Å². The van der Waals surface area contributed by atoms with Crippen LogP contribution in [0.1, 0.15) is 0 Å². The molecule has 0 aromatic carbocycles. The molecule has 0 radical (unpaired) electrons. The fourth-order valence-corrected chi connectivity index (χ4v) is 0.237. The van der Waals surface area contributed by atoms with E-state index in [1.807, 2.05) is 0 Å². The Morgan fingerprint density at radius 2 is 2.43 bits per heavy atom. The molecular weight excluding hydrogens is 137 g/mol. The molecule has 4 heteroatoms. The van der Waals surface area contributed by atoms with Crippen LogP contribution in [-0.2, 0) is 4.84 Å². The Balaban J connectivity index is 3.17. The highest BCUT2D eigenvalue weighted by Crippen LogP contribution is 2.00. The summed E-state index contributed by atoms with van der Waals surface area (Å²) in [4.78, 5) is 4.11. The van der Waals surface area contributed by atoms with Gasteiger partial charge in [-0.05, 0) is 0 Å². The van der Waals surface area contributed by atoms with Crippen LogP contribution in [0.4, 0.5) is 0 Å². The third-order valence-electron chi connectivity index (χ3n) is 0.340. The van der Waals surface area contributed by atoms with E-state index < -0.39 is 0 Å². The maximum absolute atomic E-state index is 5.29. The van der Waals surface area contributed by atoms with Crippen molar-refractivity contribution in [1.29, 1.82) is 0 Å². The predicted octanol–water partition coefficient (Wildman–Crippen LogP) is 1.20. The van der Waals surface area contributed by atoms with Crippen LogP contribution in [0.5, 0.6) is 0 Å². The second kappa shape index (κ2) is 4.40. The minimum absolute atomic E-state index is 0.172. The van der Waals surface area contributed by atoms with E-state index in [0.717, 1.165) is 0 Å². The second-order valence-electron chi connectivity index (χ2n) is 0.867. The van der Waals surface area contributed by atoms with E-state index in [1.165, 1.54) is 5.54 Å². The fourth-order valence-electron chi connectivity index (χ4n) is 0.111. The highest BCUT2D eigenvalue weighted by molar-refractivity contribution is 6.36. The molecule has 0 unspecified atom stereocenters. The van der Waals surface area contributed by atoms with Crippen LogP contribution in [0.3, 0.4) is 0 Å². The molecule has 0 heterocycles. The summed E-state index contributed by atoms with van der Waals surface area (Å²) in [5, 5.41) is 0.393. The van der Waals surface area contributed by atoms with Crippen LogP contribution < -0.4 is 5.90 Å². The Labute approximate surface area is 51.8 Å². The molecule has 0 saturated carbocycles. The summed E-state index contributed by atoms with van der Waals surface area (Å²) in [7, 11) is 0. The molecular formula is C3H5Cl2NO. The molecule has 42 valence electrons. The zero-order valence-electron chi connectivity index (χ0n) is 3.53. The normalized spacial score (nSPS) is 12.1. The molecule has 0 aromatic rings. The van der Waals surface area contributed by atoms with Gasteiger partial charge in [0.15, 0.2) is 0 Å². The Bertz CT molecular complexity index is 73.3. The van der Waals surface area contributed by atoms with Gasteiger partial charge in [-0.25, -0.2) is 5.90 Å². The monoisotopic (exact) mass is 141 g/mol. The summed E-state index contributed by atoms with van der Waals surface area (Å²) in [5.41, 5.74) is 1.20. The molecule has 0 atom stereocenters. The molecule has 0 bridgehead atoms. The highest BCUT2D eigenvalue weighted by atomic mass is 35.5. The van der Waals surface area contributed by atoms with Gasteiger partial charge < -0.3 is 0 Å². The van der Waals surface area contributed by atoms with Gasteiger partial charge in [0.05, 0.1) is 5.03 Å². The van der Waals surface area contributed by atoms with E-state index in [2.05, 4.69) is 10.7 Å². The summed E-state index contributed by atoms with van der Waals surface area (Å²) in [6.45, 7) is 0.172. The number of rotatable bonds is 2. The van der Waals surface area contributed by atoms with Crippen LogP contribution in [0.2, 0.25) is 0 Å². The van der Waals surface area contributed by atoms with Crippen molar-refractivity contribution in [3.05, 3.63) is 10.6 Å². The van der Waals surface area contributed by atoms with Crippen molar-refractivity contribution in [3.63, 3.8) is 0 Å². The number of nitrogens with two attached hydrogens (primary N) is 1. The van der Waals surface area contributed by atoms with Crippen LogP contribution >= 0.6 is 23.2 Å². The molecule has 0 fully saturated rings. The summed E-state index contributed by atoms with van der Waals surface area (Å²) in [6.07, 6.45) is 0. The summed E-state index contributed by atoms with van der Waals surface area (Å²) < 4.78 is 0. The first kappa shape index (κ1) is 7.24. The summed E-state index contributed by atoms with van der Waals surface area (Å²) in [5.74, 6) is 4.62. The molecule has 7 heavy (non-hydrogen) atoms. The Morgan fingerprint density at radius 3 is 2.57 bits per heavy atom. The first-order chi connectivity index (χ1) is 3.31. The molecule has 2 nitrogen and oxygen atoms in total. The lowest BCUT2D eigenvalue weighted by molar-refractivity contribution is 0.165. The molecule has 0 saturated heterocycles. The minimum Gasteiger partial charge on any atom is -0.299 e. The Morgan fingerprint density at radius 1 is 1.86 bits per heavy atom. The van der Waals surface area contributed by atoms with Gasteiger partial charge in [0, 0.05) is 5.54 Å². The van der Waals surface area contributed by atoms with Crippen molar-refractivity contribution in [2.24, 2.45) is 5.90 Å². The van der Waals surface area contributed by atoms with Gasteiger partial charge in [0.1, 0.15) is 6.61 Å². The number of hydrogen-bond donors (Lipinski definition) is 1. The van der Waals surface area contributed by atoms with E-state index in [4.69, 9.17) is 23.2 Å². The van der Waals surface area contributed by atoms with Crippen LogP contribution in [-0.4, -0.2) is 6.61 Å². The van der Waals surface area contributed by atoms with Crippen LogP contribution in [0, 0.1) is 0 Å². The average molecular weight is 142 g/mol. The van der Waals surface area contributed by atoms with E-state index in [0.29, 0.717) is 5.03 Å². The molecule has 0 spiro atoms. The Hall–Kier alpha value is 0.240. The third-order valence-corrected chi connectivity index (χ3v) is 0.933. The molecule has 0 amide bonds. The second-order valence-corrected chi connectivity index (χ2v) is 1.57. The lowest BCUT2D eigenvalue weighted by Crippen LogP contribution is -1.99. The van der Waals surface area contributed by atoms with Gasteiger partial charge in [-0.2, -0.15) is 0 Å². The zero-order valence-corrected chi connectivity index (χ0v) is 5.04. The SMILES string of the molecule is NOCC(Cl)=CCl. The topological polar surface area (TPSA) is 35.2 Å². The number of hydrogen-bond acceptors (Lipinski definition) is 2. The maximum atomic E-state index is 5.29. The minimum atomic E-state index is 0.172. The molecule has 0 aliphatic heterocycles. The molecule has 0 aromatic heterocycles. The van der Waals surface area contributed by atoms with Crippen LogP contribution in [0.25, 0.3) is 0 Å². The maximum Gasteiger partial charge on any atom is 0.104 e. The molecule has 0 rings (SSSR count). The Kier molecular flexibility index (Phi) is 4.55. The molecule has 0 aliphatic rings. The predicted molar refractivity (Wildman–Crippen MR) is 29.9 cm³/mol. The lowest BCUT2D eigenvalue weighted by Gasteiger charge is -1.89. The third kappa shape index (κ3) is 4.09. The molecule has 2 N–H and O–H groups in total. The van der Waals surface area contributed by atoms with Crippen molar-refractivity contribution in [3.8, 4) is 0 Å². The quantitative estimate of drug-likeness (QED) is 0.587. The largest absolute Gasteiger partial charge is 0.299 e. The summed E-state index contributed by atoms with van der Waals surface area (Å²) >= 11 is 10.4. The summed E-state index contributed by atoms with van der Waals surface area (Å²) in [6, 6.07) is 0. The standard InChI is InChI=1S/C3H5Cl2NO/c4-1-3(5)2-7-6/h1H,2,6H2. The van der Waals surface area contributed by atoms with E-state index >= 15 is 0 Å². The van der Waals surface area contributed by atoms with Crippen LogP contribution in [0.15, 0.2) is 10.6 Å². The van der Waals surface area contributed by atoms with Gasteiger partial charge in [0.2, 0.25) is 0 Å². The van der Waals surface area contributed by atoms with Crippen molar-refractivity contribution < 1.29 is 4.84 Å². The van der Waals surface area contributed by atoms with Gasteiger partial charge in [-0.3, -0.25) is 4.84 Å². The zero-order chi connectivity index (χ0) is 5.70. The smallest absolute Gasteiger partial charge is 0.104 e.